The first kappa shape index (κ1) is 14.3. The molecule has 1 aromatic carbocycles. The SMILES string of the molecule is CCOC(=O)c1c(S)cc(C#N)cc1OC(F)F. The fourth-order valence-electron chi connectivity index (χ4n) is 1.26. The van der Waals surface area contributed by atoms with Gasteiger partial charge in [-0.1, -0.05) is 0 Å². The predicted molar refractivity (Wildman–Crippen MR) is 61.0 cm³/mol. The van der Waals surface area contributed by atoms with E-state index in [1.807, 2.05) is 0 Å². The maximum atomic E-state index is 12.2. The molecule has 0 aliphatic carbocycles. The predicted octanol–water partition coefficient (Wildman–Crippen LogP) is 2.63. The average molecular weight is 273 g/mol. The van der Waals surface area contributed by atoms with Crippen molar-refractivity contribution in [1.29, 1.82) is 5.26 Å². The van der Waals surface area contributed by atoms with Crippen molar-refractivity contribution in [3.05, 3.63) is 23.3 Å². The Morgan fingerprint density at radius 1 is 1.56 bits per heavy atom. The molecule has 0 aliphatic heterocycles. The minimum absolute atomic E-state index is 0.0446. The lowest BCUT2D eigenvalue weighted by molar-refractivity contribution is -0.0506. The molecule has 0 radical (unpaired) electrons. The highest BCUT2D eigenvalue weighted by Gasteiger charge is 2.21. The first-order valence-corrected chi connectivity index (χ1v) is 5.33. The van der Waals surface area contributed by atoms with Crippen molar-refractivity contribution in [2.75, 3.05) is 6.61 Å². The van der Waals surface area contributed by atoms with Crippen molar-refractivity contribution in [2.24, 2.45) is 0 Å². The molecule has 0 aromatic heterocycles. The fraction of sp³-hybridized carbons (Fsp3) is 0.273. The van der Waals surface area contributed by atoms with Crippen LogP contribution in [0.25, 0.3) is 0 Å². The molecule has 0 saturated heterocycles. The minimum atomic E-state index is -3.11. The highest BCUT2D eigenvalue weighted by molar-refractivity contribution is 7.80. The number of rotatable bonds is 4. The summed E-state index contributed by atoms with van der Waals surface area (Å²) in [5.74, 6) is -1.25. The van der Waals surface area contributed by atoms with E-state index in [4.69, 9.17) is 10.00 Å². The Balaban J connectivity index is 3.29. The number of esters is 1. The Hall–Kier alpha value is -1.81. The number of benzene rings is 1. The number of nitrogens with zero attached hydrogens (tertiary/aromatic N) is 1. The van der Waals surface area contributed by atoms with E-state index in [0.717, 1.165) is 6.07 Å². The normalized spacial score (nSPS) is 10.0. The van der Waals surface area contributed by atoms with E-state index in [-0.39, 0.29) is 22.6 Å². The zero-order valence-electron chi connectivity index (χ0n) is 9.31. The second kappa shape index (κ2) is 6.21. The number of hydrogen-bond acceptors (Lipinski definition) is 5. The molecule has 0 fully saturated rings. The summed E-state index contributed by atoms with van der Waals surface area (Å²) in [4.78, 5) is 11.6. The minimum Gasteiger partial charge on any atom is -0.462 e. The van der Waals surface area contributed by atoms with Crippen molar-refractivity contribution in [1.82, 2.24) is 0 Å². The van der Waals surface area contributed by atoms with Gasteiger partial charge in [0.1, 0.15) is 11.3 Å². The summed E-state index contributed by atoms with van der Waals surface area (Å²) in [5.41, 5.74) is -0.164. The Morgan fingerprint density at radius 2 is 2.22 bits per heavy atom. The van der Waals surface area contributed by atoms with Crippen molar-refractivity contribution < 1.29 is 23.0 Å². The van der Waals surface area contributed by atoms with Crippen LogP contribution in [0, 0.1) is 11.3 Å². The molecule has 1 rings (SSSR count). The number of ether oxygens (including phenoxy) is 2. The molecule has 4 nitrogen and oxygen atoms in total. The van der Waals surface area contributed by atoms with Crippen LogP contribution in [0.2, 0.25) is 0 Å². The lowest BCUT2D eigenvalue weighted by Gasteiger charge is -2.12. The molecule has 0 spiro atoms. The van der Waals surface area contributed by atoms with E-state index in [1.165, 1.54) is 6.07 Å². The van der Waals surface area contributed by atoms with Crippen molar-refractivity contribution in [3.8, 4) is 11.8 Å². The van der Waals surface area contributed by atoms with Gasteiger partial charge in [-0.05, 0) is 19.1 Å². The van der Waals surface area contributed by atoms with Gasteiger partial charge < -0.3 is 9.47 Å². The molecule has 0 saturated carbocycles. The molecule has 96 valence electrons. The topological polar surface area (TPSA) is 59.3 Å². The van der Waals surface area contributed by atoms with Crippen LogP contribution < -0.4 is 4.74 Å². The molecule has 0 atom stereocenters. The zero-order chi connectivity index (χ0) is 13.7. The number of hydrogen-bond donors (Lipinski definition) is 1. The van der Waals surface area contributed by atoms with Crippen LogP contribution in [0.3, 0.4) is 0 Å². The molecule has 0 heterocycles. The smallest absolute Gasteiger partial charge is 0.387 e. The number of carbonyl (C=O) groups excluding carboxylic acids is 1. The van der Waals surface area contributed by atoms with Gasteiger partial charge in [-0.3, -0.25) is 0 Å². The van der Waals surface area contributed by atoms with Gasteiger partial charge in [0.15, 0.2) is 0 Å². The summed E-state index contributed by atoms with van der Waals surface area (Å²) in [7, 11) is 0. The Morgan fingerprint density at radius 3 is 2.72 bits per heavy atom. The standard InChI is InChI=1S/C11H9F2NO3S/c1-2-16-10(15)9-7(17-11(12)13)3-6(5-14)4-8(9)18/h3-4,11,18H,2H2,1H3. The molecule has 0 amide bonds. The van der Waals surface area contributed by atoms with Gasteiger partial charge in [-0.25, -0.2) is 4.79 Å². The summed E-state index contributed by atoms with van der Waals surface area (Å²) in [5, 5.41) is 8.71. The Bertz CT molecular complexity index is 500. The van der Waals surface area contributed by atoms with Crippen LogP contribution in [0.5, 0.6) is 5.75 Å². The summed E-state index contributed by atoms with van der Waals surface area (Å²) in [6, 6.07) is 4.07. The third-order valence-corrected chi connectivity index (χ3v) is 2.26. The second-order valence-corrected chi connectivity index (χ2v) is 3.56. The largest absolute Gasteiger partial charge is 0.462 e. The first-order chi connectivity index (χ1) is 8.49. The van der Waals surface area contributed by atoms with Gasteiger partial charge >= 0.3 is 12.6 Å². The van der Waals surface area contributed by atoms with E-state index in [1.54, 1.807) is 13.0 Å². The Kier molecular flexibility index (Phi) is 4.92. The first-order valence-electron chi connectivity index (χ1n) is 4.88. The van der Waals surface area contributed by atoms with E-state index >= 15 is 0 Å². The molecule has 0 N–H and O–H groups in total. The van der Waals surface area contributed by atoms with Crippen LogP contribution in [0.1, 0.15) is 22.8 Å². The van der Waals surface area contributed by atoms with Gasteiger partial charge in [-0.2, -0.15) is 14.0 Å². The molecule has 0 bridgehead atoms. The van der Waals surface area contributed by atoms with Crippen LogP contribution in [-0.4, -0.2) is 19.2 Å². The van der Waals surface area contributed by atoms with E-state index in [0.29, 0.717) is 0 Å². The summed E-state index contributed by atoms with van der Waals surface area (Å²) >= 11 is 3.97. The molecular weight excluding hydrogens is 264 g/mol. The van der Waals surface area contributed by atoms with Crippen LogP contribution in [-0.2, 0) is 4.74 Å². The summed E-state index contributed by atoms with van der Waals surface area (Å²) < 4.78 is 33.4. The quantitative estimate of drug-likeness (QED) is 0.676. The van der Waals surface area contributed by atoms with Gasteiger partial charge in [0.05, 0.1) is 18.2 Å². The van der Waals surface area contributed by atoms with Gasteiger partial charge in [0.2, 0.25) is 0 Å². The van der Waals surface area contributed by atoms with E-state index in [2.05, 4.69) is 17.4 Å². The molecule has 7 heteroatoms. The molecular formula is C11H9F2NO3S. The van der Waals surface area contributed by atoms with Crippen molar-refractivity contribution >= 4 is 18.6 Å². The highest BCUT2D eigenvalue weighted by atomic mass is 32.1. The molecule has 1 aromatic rings. The molecule has 18 heavy (non-hydrogen) atoms. The number of halogens is 2. The number of alkyl halides is 2. The van der Waals surface area contributed by atoms with Crippen LogP contribution >= 0.6 is 12.6 Å². The lowest BCUT2D eigenvalue weighted by Crippen LogP contribution is -2.12. The number of thiol groups is 1. The van der Waals surface area contributed by atoms with Crippen LogP contribution in [0.4, 0.5) is 8.78 Å². The lowest BCUT2D eigenvalue weighted by atomic mass is 10.1. The van der Waals surface area contributed by atoms with Gasteiger partial charge in [0, 0.05) is 4.90 Å². The summed E-state index contributed by atoms with van der Waals surface area (Å²) in [6.07, 6.45) is 0. The third kappa shape index (κ3) is 3.34. The zero-order valence-corrected chi connectivity index (χ0v) is 10.2. The molecule has 0 aliphatic rings. The number of carbonyl (C=O) groups is 1. The molecule has 0 unspecified atom stereocenters. The van der Waals surface area contributed by atoms with Crippen LogP contribution in [0.15, 0.2) is 17.0 Å². The maximum Gasteiger partial charge on any atom is 0.387 e. The van der Waals surface area contributed by atoms with Gasteiger partial charge in [-0.15, -0.1) is 12.6 Å². The monoisotopic (exact) mass is 273 g/mol. The average Bonchev–Trinajstić information content (AvgIpc) is 2.27. The fourth-order valence-corrected chi connectivity index (χ4v) is 1.60. The van der Waals surface area contributed by atoms with Gasteiger partial charge in [0.25, 0.3) is 0 Å². The van der Waals surface area contributed by atoms with E-state index in [9.17, 15) is 13.6 Å². The summed E-state index contributed by atoms with van der Waals surface area (Å²) in [6.45, 7) is -1.45. The number of nitriles is 1. The third-order valence-electron chi connectivity index (χ3n) is 1.91. The van der Waals surface area contributed by atoms with Crippen molar-refractivity contribution in [3.63, 3.8) is 0 Å². The Labute approximate surface area is 108 Å². The van der Waals surface area contributed by atoms with E-state index < -0.39 is 18.3 Å². The second-order valence-electron chi connectivity index (χ2n) is 3.08. The highest BCUT2D eigenvalue weighted by Crippen LogP contribution is 2.29. The van der Waals surface area contributed by atoms with Crippen molar-refractivity contribution in [2.45, 2.75) is 18.4 Å². The maximum absolute atomic E-state index is 12.2.